The van der Waals surface area contributed by atoms with Crippen molar-refractivity contribution in [3.8, 4) is 5.75 Å². The molecule has 14 heteroatoms. The Labute approximate surface area is 200 Å². The summed E-state index contributed by atoms with van der Waals surface area (Å²) in [6.07, 6.45) is -1.37. The fraction of sp³-hybridized carbons (Fsp3) is 0.429. The standard InChI is InChI=1S/C21H30N6O8/c1-10(22)18(31)26-14(8-11-2-4-12(28)5-3-11)20(33)25-13(6-7-16(23)29)19(32)27-15(21(34)35)9-17(24)30/h2-5,10,13-15,28H,6-9,22H2,1H3,(H2,23,29)(H2,24,30)(H,25,33)(H,26,31)(H,27,32)(H,34,35). The van der Waals surface area contributed by atoms with Gasteiger partial charge in [0.15, 0.2) is 0 Å². The number of carbonyl (C=O) groups excluding carboxylic acids is 5. The van der Waals surface area contributed by atoms with Gasteiger partial charge in [-0.1, -0.05) is 12.1 Å². The number of carboxylic acid groups (broad SMARTS) is 1. The zero-order chi connectivity index (χ0) is 26.7. The number of rotatable bonds is 14. The zero-order valence-corrected chi connectivity index (χ0v) is 19.0. The number of phenolic OH excluding ortho intramolecular Hbond substituents is 1. The molecule has 0 aliphatic rings. The van der Waals surface area contributed by atoms with Gasteiger partial charge in [0.1, 0.15) is 23.9 Å². The minimum Gasteiger partial charge on any atom is -0.508 e. The van der Waals surface area contributed by atoms with Gasteiger partial charge in [-0.25, -0.2) is 4.79 Å². The molecule has 0 bridgehead atoms. The van der Waals surface area contributed by atoms with Gasteiger partial charge in [0.2, 0.25) is 29.5 Å². The molecule has 0 aliphatic heterocycles. The van der Waals surface area contributed by atoms with Crippen LogP contribution in [0.15, 0.2) is 24.3 Å². The lowest BCUT2D eigenvalue weighted by Gasteiger charge is -2.24. The summed E-state index contributed by atoms with van der Waals surface area (Å²) >= 11 is 0. The number of benzene rings is 1. The van der Waals surface area contributed by atoms with Crippen LogP contribution in [0.5, 0.6) is 5.75 Å². The summed E-state index contributed by atoms with van der Waals surface area (Å²) in [5.41, 5.74) is 16.3. The Morgan fingerprint density at radius 2 is 1.34 bits per heavy atom. The molecule has 0 spiro atoms. The molecule has 1 aromatic carbocycles. The number of amides is 5. The fourth-order valence-corrected chi connectivity index (χ4v) is 2.88. The SMILES string of the molecule is CC(N)C(=O)NC(Cc1ccc(O)cc1)C(=O)NC(CCC(N)=O)C(=O)NC(CC(N)=O)C(=O)O. The summed E-state index contributed by atoms with van der Waals surface area (Å²) in [5.74, 6) is -5.81. The van der Waals surface area contributed by atoms with Gasteiger partial charge in [-0.05, 0) is 31.0 Å². The van der Waals surface area contributed by atoms with Crippen LogP contribution in [0.2, 0.25) is 0 Å². The average Bonchev–Trinajstić information content (AvgIpc) is 2.76. The van der Waals surface area contributed by atoms with E-state index in [4.69, 9.17) is 17.2 Å². The van der Waals surface area contributed by atoms with Crippen LogP contribution in [0.25, 0.3) is 0 Å². The van der Waals surface area contributed by atoms with E-state index in [-0.39, 0.29) is 25.0 Å². The molecule has 0 heterocycles. The molecule has 0 saturated heterocycles. The minimum absolute atomic E-state index is 0.0125. The van der Waals surface area contributed by atoms with E-state index in [1.165, 1.54) is 31.2 Å². The van der Waals surface area contributed by atoms with Crippen molar-refractivity contribution in [3.63, 3.8) is 0 Å². The molecule has 192 valence electrons. The number of carboxylic acids is 1. The van der Waals surface area contributed by atoms with E-state index >= 15 is 0 Å². The van der Waals surface area contributed by atoms with Crippen molar-refractivity contribution in [2.75, 3.05) is 0 Å². The topological polar surface area (TPSA) is 257 Å². The minimum atomic E-state index is -1.67. The lowest BCUT2D eigenvalue weighted by atomic mass is 10.0. The molecule has 0 radical (unpaired) electrons. The quantitative estimate of drug-likeness (QED) is 0.130. The molecular weight excluding hydrogens is 464 g/mol. The van der Waals surface area contributed by atoms with Gasteiger partial charge in [-0.15, -0.1) is 0 Å². The average molecular weight is 495 g/mol. The first kappa shape index (κ1) is 28.8. The Morgan fingerprint density at radius 3 is 1.83 bits per heavy atom. The van der Waals surface area contributed by atoms with Crippen molar-refractivity contribution < 1.29 is 39.0 Å². The maximum atomic E-state index is 13.0. The van der Waals surface area contributed by atoms with Crippen molar-refractivity contribution >= 4 is 35.5 Å². The third-order valence-corrected chi connectivity index (χ3v) is 4.75. The molecular formula is C21H30N6O8. The lowest BCUT2D eigenvalue weighted by molar-refractivity contribution is -0.144. The summed E-state index contributed by atoms with van der Waals surface area (Å²) in [6, 6.07) is 0.528. The highest BCUT2D eigenvalue weighted by Gasteiger charge is 2.31. The fourth-order valence-electron chi connectivity index (χ4n) is 2.88. The second-order valence-corrected chi connectivity index (χ2v) is 7.86. The number of nitrogens with one attached hydrogen (secondary N) is 3. The number of primary amides is 2. The zero-order valence-electron chi connectivity index (χ0n) is 19.0. The Kier molecular flexibility index (Phi) is 11.1. The van der Waals surface area contributed by atoms with Crippen molar-refractivity contribution in [2.24, 2.45) is 17.2 Å². The molecule has 0 aromatic heterocycles. The van der Waals surface area contributed by atoms with Gasteiger partial charge >= 0.3 is 5.97 Å². The summed E-state index contributed by atoms with van der Waals surface area (Å²) in [4.78, 5) is 71.6. The molecule has 5 amide bonds. The molecule has 0 fully saturated rings. The summed E-state index contributed by atoms with van der Waals surface area (Å²) in [6.45, 7) is 1.40. The molecule has 4 atom stereocenters. The highest BCUT2D eigenvalue weighted by Crippen LogP contribution is 2.12. The van der Waals surface area contributed by atoms with Gasteiger partial charge in [-0.2, -0.15) is 0 Å². The van der Waals surface area contributed by atoms with E-state index in [0.29, 0.717) is 5.56 Å². The van der Waals surface area contributed by atoms with Crippen LogP contribution < -0.4 is 33.2 Å². The number of phenols is 1. The second kappa shape index (κ2) is 13.5. The van der Waals surface area contributed by atoms with Gasteiger partial charge in [0.05, 0.1) is 12.5 Å². The van der Waals surface area contributed by atoms with Gasteiger partial charge in [0.25, 0.3) is 0 Å². The number of aromatic hydroxyl groups is 1. The van der Waals surface area contributed by atoms with E-state index in [2.05, 4.69) is 16.0 Å². The van der Waals surface area contributed by atoms with Crippen LogP contribution in [-0.4, -0.2) is 69.9 Å². The molecule has 1 aromatic rings. The number of aliphatic carboxylic acids is 1. The van der Waals surface area contributed by atoms with Crippen LogP contribution in [0.3, 0.4) is 0 Å². The first-order chi connectivity index (χ1) is 16.3. The highest BCUT2D eigenvalue weighted by atomic mass is 16.4. The first-order valence-corrected chi connectivity index (χ1v) is 10.5. The predicted octanol–water partition coefficient (Wildman–Crippen LogP) is -3.04. The normalized spacial score (nSPS) is 14.0. The Bertz CT molecular complexity index is 950. The lowest BCUT2D eigenvalue weighted by Crippen LogP contribution is -2.57. The Hall–Kier alpha value is -4.20. The van der Waals surface area contributed by atoms with Crippen LogP contribution in [0, 0.1) is 0 Å². The van der Waals surface area contributed by atoms with Crippen molar-refractivity contribution in [2.45, 2.75) is 56.8 Å². The Morgan fingerprint density at radius 1 is 0.829 bits per heavy atom. The largest absolute Gasteiger partial charge is 0.508 e. The van der Waals surface area contributed by atoms with Gasteiger partial charge < -0.3 is 43.4 Å². The van der Waals surface area contributed by atoms with Crippen LogP contribution in [0.4, 0.5) is 0 Å². The monoisotopic (exact) mass is 494 g/mol. The van der Waals surface area contributed by atoms with E-state index < -0.39 is 66.1 Å². The van der Waals surface area contributed by atoms with Crippen LogP contribution >= 0.6 is 0 Å². The molecule has 1 rings (SSSR count). The van der Waals surface area contributed by atoms with Crippen LogP contribution in [0.1, 0.15) is 31.7 Å². The summed E-state index contributed by atoms with van der Waals surface area (Å²) in [7, 11) is 0. The molecule has 14 nitrogen and oxygen atoms in total. The third kappa shape index (κ3) is 10.5. The number of nitrogens with two attached hydrogens (primary N) is 3. The first-order valence-electron chi connectivity index (χ1n) is 10.5. The van der Waals surface area contributed by atoms with E-state index in [9.17, 15) is 39.0 Å². The third-order valence-electron chi connectivity index (χ3n) is 4.75. The van der Waals surface area contributed by atoms with Crippen molar-refractivity contribution in [3.05, 3.63) is 29.8 Å². The second-order valence-electron chi connectivity index (χ2n) is 7.86. The van der Waals surface area contributed by atoms with Crippen molar-refractivity contribution in [1.29, 1.82) is 0 Å². The number of hydrogen-bond donors (Lipinski definition) is 8. The molecule has 35 heavy (non-hydrogen) atoms. The van der Waals surface area contributed by atoms with E-state index in [1.54, 1.807) is 0 Å². The Balaban J connectivity index is 3.12. The van der Waals surface area contributed by atoms with Gasteiger partial charge in [-0.3, -0.25) is 24.0 Å². The molecule has 0 saturated carbocycles. The number of carbonyl (C=O) groups is 6. The smallest absolute Gasteiger partial charge is 0.326 e. The number of hydrogen-bond acceptors (Lipinski definition) is 8. The maximum absolute atomic E-state index is 13.0. The molecule has 11 N–H and O–H groups in total. The maximum Gasteiger partial charge on any atom is 0.326 e. The van der Waals surface area contributed by atoms with Crippen LogP contribution in [-0.2, 0) is 35.2 Å². The molecule has 0 aliphatic carbocycles. The summed E-state index contributed by atoms with van der Waals surface area (Å²) in [5, 5.41) is 25.6. The van der Waals surface area contributed by atoms with E-state index in [0.717, 1.165) is 0 Å². The highest BCUT2D eigenvalue weighted by molar-refractivity contribution is 5.95. The van der Waals surface area contributed by atoms with Gasteiger partial charge in [0, 0.05) is 12.8 Å². The van der Waals surface area contributed by atoms with Crippen molar-refractivity contribution in [1.82, 2.24) is 16.0 Å². The van der Waals surface area contributed by atoms with E-state index in [1.807, 2.05) is 0 Å². The molecule has 4 unspecified atom stereocenters. The summed E-state index contributed by atoms with van der Waals surface area (Å²) < 4.78 is 0. The predicted molar refractivity (Wildman–Crippen MR) is 121 cm³/mol.